The molecule has 1 amide bonds. The van der Waals surface area contributed by atoms with Gasteiger partial charge >= 0.3 is 0 Å². The average Bonchev–Trinajstić information content (AvgIpc) is 3.08. The molecule has 1 fully saturated rings. The molecule has 4 nitrogen and oxygen atoms in total. The lowest BCUT2D eigenvalue weighted by atomic mass is 9.96. The van der Waals surface area contributed by atoms with E-state index >= 15 is 0 Å². The van der Waals surface area contributed by atoms with Crippen molar-refractivity contribution in [3.63, 3.8) is 0 Å². The molecule has 0 unspecified atom stereocenters. The molecule has 1 aliphatic heterocycles. The fraction of sp³-hybridized carbons (Fsp3) is 0.273. The Bertz CT molecular complexity index is 1020. The maximum atomic E-state index is 11.4. The SMILES string of the molecule is NC(=O)C1CCN(C(=S)c2cn(Cc3ccc(Cl)cc3)c3ccccc23)CC1. The number of carbonyl (C=O) groups excluding carboxylic acids is 1. The van der Waals surface area contributed by atoms with E-state index in [-0.39, 0.29) is 11.8 Å². The zero-order valence-electron chi connectivity index (χ0n) is 15.5. The minimum atomic E-state index is -0.204. The summed E-state index contributed by atoms with van der Waals surface area (Å²) in [7, 11) is 0. The molecule has 0 aliphatic carbocycles. The number of hydrogen-bond acceptors (Lipinski definition) is 2. The molecular formula is C22H22ClN3OS. The number of likely N-dealkylation sites (tertiary alicyclic amines) is 1. The summed E-state index contributed by atoms with van der Waals surface area (Å²) in [5.41, 5.74) is 8.86. The molecule has 2 aromatic carbocycles. The van der Waals surface area contributed by atoms with Crippen LogP contribution < -0.4 is 5.73 Å². The highest BCUT2D eigenvalue weighted by Gasteiger charge is 2.26. The molecule has 0 radical (unpaired) electrons. The van der Waals surface area contributed by atoms with Crippen LogP contribution in [0.2, 0.25) is 5.02 Å². The van der Waals surface area contributed by atoms with Crippen LogP contribution in [0, 0.1) is 5.92 Å². The quantitative estimate of drug-likeness (QED) is 0.654. The summed E-state index contributed by atoms with van der Waals surface area (Å²) in [4.78, 5) is 14.5. The predicted octanol–water partition coefficient (Wildman–Crippen LogP) is 4.22. The molecule has 1 aromatic heterocycles. The van der Waals surface area contributed by atoms with Crippen molar-refractivity contribution < 1.29 is 4.79 Å². The van der Waals surface area contributed by atoms with Crippen LogP contribution in [0.25, 0.3) is 10.9 Å². The third kappa shape index (κ3) is 3.77. The number of rotatable bonds is 4. The molecule has 0 spiro atoms. The maximum Gasteiger partial charge on any atom is 0.220 e. The van der Waals surface area contributed by atoms with Crippen molar-refractivity contribution in [2.24, 2.45) is 11.7 Å². The highest BCUT2D eigenvalue weighted by atomic mass is 35.5. The van der Waals surface area contributed by atoms with Crippen LogP contribution in [-0.4, -0.2) is 33.5 Å². The number of primary amides is 1. The van der Waals surface area contributed by atoms with Gasteiger partial charge < -0.3 is 15.2 Å². The normalized spacial score (nSPS) is 15.1. The number of thiocarbonyl (C=S) groups is 1. The molecular weight excluding hydrogens is 390 g/mol. The van der Waals surface area contributed by atoms with Gasteiger partial charge in [0.15, 0.2) is 0 Å². The van der Waals surface area contributed by atoms with Gasteiger partial charge in [-0.25, -0.2) is 0 Å². The summed E-state index contributed by atoms with van der Waals surface area (Å²) in [6.07, 6.45) is 3.67. The van der Waals surface area contributed by atoms with Crippen molar-refractivity contribution in [3.8, 4) is 0 Å². The summed E-state index contributed by atoms with van der Waals surface area (Å²) >= 11 is 11.9. The topological polar surface area (TPSA) is 51.3 Å². The third-order valence-electron chi connectivity index (χ3n) is 5.47. The van der Waals surface area contributed by atoms with E-state index in [4.69, 9.17) is 29.6 Å². The second-order valence-electron chi connectivity index (χ2n) is 7.28. The van der Waals surface area contributed by atoms with Gasteiger partial charge in [-0.05, 0) is 36.6 Å². The fourth-order valence-electron chi connectivity index (χ4n) is 3.87. The smallest absolute Gasteiger partial charge is 0.220 e. The fourth-order valence-corrected chi connectivity index (χ4v) is 4.34. The lowest BCUT2D eigenvalue weighted by molar-refractivity contribution is -0.122. The van der Waals surface area contributed by atoms with Gasteiger partial charge in [0, 0.05) is 53.2 Å². The first-order chi connectivity index (χ1) is 13.5. The average molecular weight is 412 g/mol. The maximum absolute atomic E-state index is 11.4. The lowest BCUT2D eigenvalue weighted by Crippen LogP contribution is -2.41. The molecule has 0 saturated carbocycles. The first-order valence-electron chi connectivity index (χ1n) is 9.44. The van der Waals surface area contributed by atoms with E-state index in [1.807, 2.05) is 36.4 Å². The number of benzene rings is 2. The Kier molecular flexibility index (Phi) is 5.38. The molecule has 1 saturated heterocycles. The molecule has 0 bridgehead atoms. The van der Waals surface area contributed by atoms with Crippen LogP contribution in [0.3, 0.4) is 0 Å². The number of amides is 1. The Morgan fingerprint density at radius 1 is 1.11 bits per heavy atom. The monoisotopic (exact) mass is 411 g/mol. The van der Waals surface area contributed by atoms with Crippen molar-refractivity contribution in [2.45, 2.75) is 19.4 Å². The molecule has 6 heteroatoms. The van der Waals surface area contributed by atoms with E-state index in [0.29, 0.717) is 0 Å². The van der Waals surface area contributed by atoms with Crippen LogP contribution >= 0.6 is 23.8 Å². The lowest BCUT2D eigenvalue weighted by Gasteiger charge is -2.32. The minimum absolute atomic E-state index is 0.0368. The van der Waals surface area contributed by atoms with Crippen LogP contribution in [0.5, 0.6) is 0 Å². The van der Waals surface area contributed by atoms with Crippen LogP contribution in [0.15, 0.2) is 54.7 Å². The number of halogens is 1. The van der Waals surface area contributed by atoms with Crippen LogP contribution in [0.4, 0.5) is 0 Å². The Labute approximate surface area is 174 Å². The van der Waals surface area contributed by atoms with E-state index < -0.39 is 0 Å². The minimum Gasteiger partial charge on any atom is -0.369 e. The van der Waals surface area contributed by atoms with Gasteiger partial charge in [-0.1, -0.05) is 54.2 Å². The molecule has 2 heterocycles. The van der Waals surface area contributed by atoms with Crippen LogP contribution in [0.1, 0.15) is 24.0 Å². The molecule has 1 aliphatic rings. The number of nitrogens with zero attached hydrogens (tertiary/aromatic N) is 2. The summed E-state index contributed by atoms with van der Waals surface area (Å²) in [5, 5.41) is 1.89. The third-order valence-corrected chi connectivity index (χ3v) is 6.20. The molecule has 2 N–H and O–H groups in total. The van der Waals surface area contributed by atoms with Crippen molar-refractivity contribution >= 4 is 45.6 Å². The van der Waals surface area contributed by atoms with Gasteiger partial charge in [0.1, 0.15) is 4.99 Å². The number of aromatic nitrogens is 1. The summed E-state index contributed by atoms with van der Waals surface area (Å²) in [6.45, 7) is 2.29. The van der Waals surface area contributed by atoms with Crippen molar-refractivity contribution in [1.82, 2.24) is 9.47 Å². The largest absolute Gasteiger partial charge is 0.369 e. The van der Waals surface area contributed by atoms with Gasteiger partial charge in [0.25, 0.3) is 0 Å². The number of para-hydroxylation sites is 1. The van der Waals surface area contributed by atoms with Gasteiger partial charge in [-0.15, -0.1) is 0 Å². The van der Waals surface area contributed by atoms with Crippen molar-refractivity contribution in [1.29, 1.82) is 0 Å². The first-order valence-corrected chi connectivity index (χ1v) is 10.2. The molecule has 3 aromatic rings. The molecule has 28 heavy (non-hydrogen) atoms. The van der Waals surface area contributed by atoms with Gasteiger partial charge in [0.2, 0.25) is 5.91 Å². The van der Waals surface area contributed by atoms with E-state index in [2.05, 4.69) is 27.8 Å². The number of hydrogen-bond donors (Lipinski definition) is 1. The van der Waals surface area contributed by atoms with Gasteiger partial charge in [0.05, 0.1) is 0 Å². The Morgan fingerprint density at radius 2 is 1.79 bits per heavy atom. The van der Waals surface area contributed by atoms with Crippen molar-refractivity contribution in [3.05, 3.63) is 70.9 Å². The second kappa shape index (κ2) is 7.94. The van der Waals surface area contributed by atoms with E-state index in [0.717, 1.165) is 59.0 Å². The number of nitrogens with two attached hydrogens (primary N) is 1. The molecule has 144 valence electrons. The van der Waals surface area contributed by atoms with Gasteiger partial charge in [-0.3, -0.25) is 4.79 Å². The number of piperidine rings is 1. The van der Waals surface area contributed by atoms with Gasteiger partial charge in [-0.2, -0.15) is 0 Å². The Hall–Kier alpha value is -2.37. The molecule has 4 rings (SSSR count). The first kappa shape index (κ1) is 19.0. The predicted molar refractivity (Wildman–Crippen MR) is 118 cm³/mol. The summed E-state index contributed by atoms with van der Waals surface area (Å²) < 4.78 is 2.23. The second-order valence-corrected chi connectivity index (χ2v) is 8.11. The number of fused-ring (bicyclic) bond motifs is 1. The summed E-state index contributed by atoms with van der Waals surface area (Å²) in [6, 6.07) is 16.2. The van der Waals surface area contributed by atoms with Crippen molar-refractivity contribution in [2.75, 3.05) is 13.1 Å². The zero-order chi connectivity index (χ0) is 19.7. The molecule has 0 atom stereocenters. The van der Waals surface area contributed by atoms with Crippen LogP contribution in [-0.2, 0) is 11.3 Å². The Balaban J connectivity index is 1.62. The number of carbonyl (C=O) groups is 1. The van der Waals surface area contributed by atoms with E-state index in [1.54, 1.807) is 0 Å². The standard InChI is InChI=1S/C22H22ClN3OS/c23-17-7-5-15(6-8-17)13-26-14-19(18-3-1-2-4-20(18)26)22(28)25-11-9-16(10-12-25)21(24)27/h1-8,14,16H,9-13H2,(H2,24,27). The van der Waals surface area contributed by atoms with E-state index in [1.165, 1.54) is 5.56 Å². The Morgan fingerprint density at radius 3 is 2.46 bits per heavy atom. The zero-order valence-corrected chi connectivity index (χ0v) is 17.0. The van der Waals surface area contributed by atoms with E-state index in [9.17, 15) is 4.79 Å². The highest BCUT2D eigenvalue weighted by molar-refractivity contribution is 7.80. The highest BCUT2D eigenvalue weighted by Crippen LogP contribution is 2.26. The summed E-state index contributed by atoms with van der Waals surface area (Å²) in [5.74, 6) is -0.240.